The van der Waals surface area contributed by atoms with Gasteiger partial charge in [0.2, 0.25) is 10.0 Å². The minimum Gasteiger partial charge on any atom is -0.356 e. The number of aromatic amines is 1. The van der Waals surface area contributed by atoms with Crippen molar-refractivity contribution in [3.63, 3.8) is 0 Å². The number of nitrogens with zero attached hydrogens (tertiary/aromatic N) is 1. The topological polar surface area (TPSA) is 82.3 Å². The molecule has 1 aromatic rings. The lowest BCUT2D eigenvalue weighted by Gasteiger charge is -2.14. The first-order chi connectivity index (χ1) is 11.3. The first kappa shape index (κ1) is 19.0. The summed E-state index contributed by atoms with van der Waals surface area (Å²) in [5, 5.41) is 0. The Labute approximate surface area is 145 Å². The molecular weight excluding hydrogens is 326 g/mol. The molecule has 2 rings (SSSR count). The standard InChI is InChI=1S/C17H29N3O3S/c1-13(2)7-6-8-14(3)19-24(22,23)15-11-16(18-12-15)17(21)20-9-4-5-10-20/h11-14,18-19H,4-10H2,1-3H3. The van der Waals surface area contributed by atoms with Gasteiger partial charge in [0, 0.05) is 25.3 Å². The molecule has 6 nitrogen and oxygen atoms in total. The summed E-state index contributed by atoms with van der Waals surface area (Å²) in [5.41, 5.74) is 0.338. The maximum Gasteiger partial charge on any atom is 0.270 e. The zero-order valence-electron chi connectivity index (χ0n) is 14.8. The predicted molar refractivity (Wildman–Crippen MR) is 94.4 cm³/mol. The van der Waals surface area contributed by atoms with Crippen LogP contribution in [0.4, 0.5) is 0 Å². The number of rotatable bonds is 8. The van der Waals surface area contributed by atoms with E-state index in [1.807, 2.05) is 6.92 Å². The van der Waals surface area contributed by atoms with Gasteiger partial charge in [-0.05, 0) is 38.2 Å². The van der Waals surface area contributed by atoms with Crippen LogP contribution in [0.3, 0.4) is 0 Å². The van der Waals surface area contributed by atoms with Crippen molar-refractivity contribution in [2.24, 2.45) is 5.92 Å². The van der Waals surface area contributed by atoms with E-state index in [9.17, 15) is 13.2 Å². The Hall–Kier alpha value is -1.34. The number of amides is 1. The van der Waals surface area contributed by atoms with Gasteiger partial charge in [-0.2, -0.15) is 0 Å². The molecule has 7 heteroatoms. The molecule has 0 spiro atoms. The van der Waals surface area contributed by atoms with Crippen molar-refractivity contribution in [1.29, 1.82) is 0 Å². The second kappa shape index (κ2) is 8.16. The fraction of sp³-hybridized carbons (Fsp3) is 0.706. The van der Waals surface area contributed by atoms with Gasteiger partial charge < -0.3 is 9.88 Å². The molecule has 0 radical (unpaired) electrons. The number of sulfonamides is 1. The molecule has 1 amide bonds. The van der Waals surface area contributed by atoms with Crippen molar-refractivity contribution in [3.05, 3.63) is 18.0 Å². The Bertz CT molecular complexity index is 646. The fourth-order valence-electron chi connectivity index (χ4n) is 2.97. The molecule has 136 valence electrons. The highest BCUT2D eigenvalue weighted by molar-refractivity contribution is 7.89. The molecule has 0 aromatic carbocycles. The lowest BCUT2D eigenvalue weighted by atomic mass is 10.0. The molecule has 0 aliphatic carbocycles. The second-order valence-electron chi connectivity index (χ2n) is 7.10. The van der Waals surface area contributed by atoms with Crippen LogP contribution in [0.2, 0.25) is 0 Å². The van der Waals surface area contributed by atoms with Gasteiger partial charge in [0.25, 0.3) is 5.91 Å². The van der Waals surface area contributed by atoms with Gasteiger partial charge in [0.15, 0.2) is 0 Å². The van der Waals surface area contributed by atoms with Gasteiger partial charge in [-0.15, -0.1) is 0 Å². The summed E-state index contributed by atoms with van der Waals surface area (Å²) < 4.78 is 27.6. The zero-order chi connectivity index (χ0) is 17.7. The molecule has 2 N–H and O–H groups in total. The molecule has 1 atom stereocenters. The summed E-state index contributed by atoms with van der Waals surface area (Å²) in [7, 11) is -3.60. The van der Waals surface area contributed by atoms with Crippen LogP contribution in [0.25, 0.3) is 0 Å². The predicted octanol–water partition coefficient (Wildman–Crippen LogP) is 2.74. The molecule has 1 fully saturated rings. The van der Waals surface area contributed by atoms with Gasteiger partial charge in [0.1, 0.15) is 10.6 Å². The second-order valence-corrected chi connectivity index (χ2v) is 8.81. The number of carbonyl (C=O) groups excluding carboxylic acids is 1. The number of hydrogen-bond donors (Lipinski definition) is 2. The van der Waals surface area contributed by atoms with Gasteiger partial charge in [-0.3, -0.25) is 4.79 Å². The van der Waals surface area contributed by atoms with E-state index < -0.39 is 10.0 Å². The summed E-state index contributed by atoms with van der Waals surface area (Å²) in [4.78, 5) is 17.0. The van der Waals surface area contributed by atoms with Crippen molar-refractivity contribution < 1.29 is 13.2 Å². The van der Waals surface area contributed by atoms with Crippen LogP contribution in [-0.4, -0.2) is 43.3 Å². The van der Waals surface area contributed by atoms with Crippen molar-refractivity contribution in [2.75, 3.05) is 13.1 Å². The quantitative estimate of drug-likeness (QED) is 0.752. The lowest BCUT2D eigenvalue weighted by molar-refractivity contribution is 0.0787. The number of nitrogens with one attached hydrogen (secondary N) is 2. The number of likely N-dealkylation sites (tertiary alicyclic amines) is 1. The lowest BCUT2D eigenvalue weighted by Crippen LogP contribution is -2.32. The van der Waals surface area contributed by atoms with Crippen LogP contribution in [0, 0.1) is 5.92 Å². The number of aromatic nitrogens is 1. The Morgan fingerprint density at radius 3 is 2.54 bits per heavy atom. The third-order valence-corrected chi connectivity index (χ3v) is 5.93. The van der Waals surface area contributed by atoms with Crippen LogP contribution in [0.1, 0.15) is 63.4 Å². The Kier molecular flexibility index (Phi) is 6.46. The van der Waals surface area contributed by atoms with Crippen LogP contribution in [0.15, 0.2) is 17.2 Å². The van der Waals surface area contributed by atoms with E-state index in [-0.39, 0.29) is 16.8 Å². The molecule has 1 unspecified atom stereocenters. The van der Waals surface area contributed by atoms with Crippen LogP contribution in [-0.2, 0) is 10.0 Å². The minimum absolute atomic E-state index is 0.124. The average molecular weight is 356 g/mol. The molecular formula is C17H29N3O3S. The Morgan fingerprint density at radius 2 is 1.92 bits per heavy atom. The van der Waals surface area contributed by atoms with Crippen molar-refractivity contribution in [1.82, 2.24) is 14.6 Å². The summed E-state index contributed by atoms with van der Waals surface area (Å²) in [5.74, 6) is 0.497. The van der Waals surface area contributed by atoms with Crippen LogP contribution >= 0.6 is 0 Å². The highest BCUT2D eigenvalue weighted by atomic mass is 32.2. The highest BCUT2D eigenvalue weighted by Crippen LogP contribution is 2.17. The van der Waals surface area contributed by atoms with E-state index in [0.717, 1.165) is 45.2 Å². The van der Waals surface area contributed by atoms with E-state index in [2.05, 4.69) is 23.6 Å². The zero-order valence-corrected chi connectivity index (χ0v) is 15.7. The Morgan fingerprint density at radius 1 is 1.25 bits per heavy atom. The average Bonchev–Trinajstić information content (AvgIpc) is 3.17. The summed E-state index contributed by atoms with van der Waals surface area (Å²) in [6.45, 7) is 7.68. The van der Waals surface area contributed by atoms with E-state index in [1.165, 1.54) is 12.3 Å². The van der Waals surface area contributed by atoms with Crippen molar-refractivity contribution >= 4 is 15.9 Å². The summed E-state index contributed by atoms with van der Waals surface area (Å²) in [6.07, 6.45) is 6.30. The van der Waals surface area contributed by atoms with E-state index in [0.29, 0.717) is 11.6 Å². The Balaban J connectivity index is 1.95. The monoisotopic (exact) mass is 355 g/mol. The normalized spacial score (nSPS) is 16.8. The third-order valence-electron chi connectivity index (χ3n) is 4.37. The molecule has 1 aromatic heterocycles. The summed E-state index contributed by atoms with van der Waals surface area (Å²) in [6, 6.07) is 1.31. The van der Waals surface area contributed by atoms with Crippen LogP contribution < -0.4 is 4.72 Å². The first-order valence-electron chi connectivity index (χ1n) is 8.79. The smallest absolute Gasteiger partial charge is 0.270 e. The van der Waals surface area contributed by atoms with Gasteiger partial charge in [0.05, 0.1) is 0 Å². The van der Waals surface area contributed by atoms with Gasteiger partial charge >= 0.3 is 0 Å². The number of H-pyrrole nitrogens is 1. The molecule has 2 heterocycles. The van der Waals surface area contributed by atoms with Crippen molar-refractivity contribution in [3.8, 4) is 0 Å². The maximum absolute atomic E-state index is 12.4. The SMILES string of the molecule is CC(C)CCCC(C)NS(=O)(=O)c1c[nH]c(C(=O)N2CCCC2)c1. The van der Waals surface area contributed by atoms with E-state index in [1.54, 1.807) is 4.90 Å². The minimum atomic E-state index is -3.60. The van der Waals surface area contributed by atoms with Crippen molar-refractivity contribution in [2.45, 2.75) is 63.8 Å². The van der Waals surface area contributed by atoms with E-state index >= 15 is 0 Å². The number of carbonyl (C=O) groups is 1. The molecule has 1 aliphatic rings. The summed E-state index contributed by atoms with van der Waals surface area (Å²) >= 11 is 0. The van der Waals surface area contributed by atoms with Gasteiger partial charge in [-0.1, -0.05) is 26.7 Å². The molecule has 1 saturated heterocycles. The third kappa shape index (κ3) is 5.08. The van der Waals surface area contributed by atoms with Crippen LogP contribution in [0.5, 0.6) is 0 Å². The molecule has 0 bridgehead atoms. The number of hydrogen-bond acceptors (Lipinski definition) is 3. The highest BCUT2D eigenvalue weighted by Gasteiger charge is 2.24. The maximum atomic E-state index is 12.4. The van der Waals surface area contributed by atoms with E-state index in [4.69, 9.17) is 0 Å². The van der Waals surface area contributed by atoms with Gasteiger partial charge in [-0.25, -0.2) is 13.1 Å². The molecule has 24 heavy (non-hydrogen) atoms. The fourth-order valence-corrected chi connectivity index (χ4v) is 4.24. The molecule has 0 saturated carbocycles. The first-order valence-corrected chi connectivity index (χ1v) is 10.3. The molecule has 1 aliphatic heterocycles. The largest absolute Gasteiger partial charge is 0.356 e.